The molecule has 2 N–H and O–H groups in total. The van der Waals surface area contributed by atoms with Gasteiger partial charge >= 0.3 is 0 Å². The molecule has 0 saturated heterocycles. The maximum Gasteiger partial charge on any atom is 0.257 e. The molecule has 1 amide bonds. The van der Waals surface area contributed by atoms with Crippen molar-refractivity contribution in [3.8, 4) is 0 Å². The molecule has 0 aliphatic carbocycles. The first kappa shape index (κ1) is 19.6. The molecule has 4 rings (SSSR count). The van der Waals surface area contributed by atoms with Gasteiger partial charge in [-0.25, -0.2) is 0 Å². The smallest absolute Gasteiger partial charge is 0.257 e. The molecule has 0 unspecified atom stereocenters. The molecule has 1 atom stereocenters. The van der Waals surface area contributed by atoms with Crippen molar-refractivity contribution in [2.24, 2.45) is 0 Å². The molecule has 0 fully saturated rings. The van der Waals surface area contributed by atoms with Gasteiger partial charge in [0.1, 0.15) is 0 Å². The number of aromatic nitrogens is 2. The van der Waals surface area contributed by atoms with Crippen LogP contribution in [0.4, 0.5) is 11.4 Å². The highest BCUT2D eigenvalue weighted by molar-refractivity contribution is 6.04. The normalized spacial score (nSPS) is 11.8. The molecule has 0 spiro atoms. The number of nitrogens with one attached hydrogen (secondary N) is 2. The Bertz CT molecular complexity index is 1230. The second-order valence-electron chi connectivity index (χ2n) is 7.56. The molecule has 2 aromatic heterocycles. The lowest BCUT2D eigenvalue weighted by Crippen LogP contribution is -2.13. The minimum absolute atomic E-state index is 0. The van der Waals surface area contributed by atoms with Crippen molar-refractivity contribution in [2.45, 2.75) is 26.8 Å². The lowest BCUT2D eigenvalue weighted by molar-refractivity contribution is 0.102. The van der Waals surface area contributed by atoms with Gasteiger partial charge in [-0.05, 0) is 67.8 Å². The van der Waals surface area contributed by atoms with E-state index in [1.807, 2.05) is 55.6 Å². The second kappa shape index (κ2) is 8.33. The largest absolute Gasteiger partial charge is 0.377 e. The molecular formula is C25H28N4O. The van der Waals surface area contributed by atoms with Crippen LogP contribution in [0.25, 0.3) is 10.9 Å². The molecule has 0 bridgehead atoms. The zero-order chi connectivity index (χ0) is 21.1. The zero-order valence-corrected chi connectivity index (χ0v) is 17.3. The number of rotatable bonds is 5. The number of amides is 1. The molecule has 5 heteroatoms. The monoisotopic (exact) mass is 400 g/mol. The third kappa shape index (κ3) is 4.30. The van der Waals surface area contributed by atoms with Crippen molar-refractivity contribution in [2.75, 3.05) is 10.6 Å². The molecule has 0 aliphatic heterocycles. The summed E-state index contributed by atoms with van der Waals surface area (Å²) in [5, 5.41) is 7.61. The topological polar surface area (TPSA) is 66.9 Å². The number of carbonyl (C=O) groups is 1. The number of hydrogen-bond donors (Lipinski definition) is 2. The van der Waals surface area contributed by atoms with Gasteiger partial charge in [-0.3, -0.25) is 14.8 Å². The minimum atomic E-state index is -0.168. The Kier molecular flexibility index (Phi) is 5.44. The molecular weight excluding hydrogens is 372 g/mol. The van der Waals surface area contributed by atoms with Crippen LogP contribution in [0, 0.1) is 13.8 Å². The third-order valence-corrected chi connectivity index (χ3v) is 5.11. The third-order valence-electron chi connectivity index (χ3n) is 5.11. The van der Waals surface area contributed by atoms with Crippen LogP contribution in [0.1, 0.15) is 42.9 Å². The highest BCUT2D eigenvalue weighted by Gasteiger charge is 2.10. The van der Waals surface area contributed by atoms with E-state index in [0.717, 1.165) is 33.4 Å². The van der Waals surface area contributed by atoms with Gasteiger partial charge in [-0.1, -0.05) is 24.3 Å². The Hall–Kier alpha value is -3.73. The van der Waals surface area contributed by atoms with Gasteiger partial charge in [-0.2, -0.15) is 0 Å². The lowest BCUT2D eigenvalue weighted by Gasteiger charge is -2.17. The summed E-state index contributed by atoms with van der Waals surface area (Å²) in [6.07, 6.45) is 5.16. The van der Waals surface area contributed by atoms with E-state index in [4.69, 9.17) is 0 Å². The number of hydrogen-bond acceptors (Lipinski definition) is 4. The predicted molar refractivity (Wildman–Crippen MR) is 126 cm³/mol. The van der Waals surface area contributed by atoms with E-state index >= 15 is 0 Å². The van der Waals surface area contributed by atoms with Gasteiger partial charge in [0.25, 0.3) is 5.91 Å². The van der Waals surface area contributed by atoms with Crippen LogP contribution in [-0.2, 0) is 0 Å². The average Bonchev–Trinajstić information content (AvgIpc) is 2.74. The first-order valence-electron chi connectivity index (χ1n) is 9.94. The van der Waals surface area contributed by atoms with Crippen molar-refractivity contribution < 1.29 is 7.65 Å². The van der Waals surface area contributed by atoms with E-state index in [0.29, 0.717) is 5.56 Å². The van der Waals surface area contributed by atoms with Gasteiger partial charge in [0.05, 0.1) is 23.0 Å². The summed E-state index contributed by atoms with van der Waals surface area (Å²) in [5.74, 6) is -0.168. The van der Waals surface area contributed by atoms with E-state index in [1.165, 1.54) is 5.56 Å². The molecule has 30 heavy (non-hydrogen) atoms. The number of fused-ring (bicyclic) bond motifs is 1. The van der Waals surface area contributed by atoms with Gasteiger partial charge < -0.3 is 10.6 Å². The second-order valence-corrected chi connectivity index (χ2v) is 7.56. The van der Waals surface area contributed by atoms with Crippen LogP contribution in [0.5, 0.6) is 0 Å². The van der Waals surface area contributed by atoms with E-state index in [9.17, 15) is 4.79 Å². The number of pyridine rings is 2. The molecule has 2 heterocycles. The molecule has 154 valence electrons. The summed E-state index contributed by atoms with van der Waals surface area (Å²) in [5.41, 5.74) is 6.47. The van der Waals surface area contributed by atoms with Crippen LogP contribution in [0.15, 0.2) is 73.2 Å². The Morgan fingerprint density at radius 3 is 2.63 bits per heavy atom. The molecule has 2 aromatic carbocycles. The summed E-state index contributed by atoms with van der Waals surface area (Å²) in [6, 6.07) is 18.0. The molecule has 0 aliphatic rings. The number of carbonyl (C=O) groups excluding carboxylic acids is 1. The Labute approximate surface area is 179 Å². The fraction of sp³-hybridized carbons (Fsp3) is 0.160. The Balaban J connectivity index is 0.00000181. The van der Waals surface area contributed by atoms with E-state index in [-0.39, 0.29) is 14.8 Å². The van der Waals surface area contributed by atoms with Gasteiger partial charge in [0.15, 0.2) is 0 Å². The molecule has 0 saturated carbocycles. The highest BCUT2D eigenvalue weighted by Crippen LogP contribution is 2.25. The molecule has 4 aromatic rings. The number of benzene rings is 2. The van der Waals surface area contributed by atoms with E-state index in [1.54, 1.807) is 12.4 Å². The van der Waals surface area contributed by atoms with E-state index in [2.05, 4.69) is 46.6 Å². The van der Waals surface area contributed by atoms with Crippen molar-refractivity contribution in [3.05, 3.63) is 95.4 Å². The fourth-order valence-electron chi connectivity index (χ4n) is 3.48. The average molecular weight is 401 g/mol. The van der Waals surface area contributed by atoms with Gasteiger partial charge in [0.2, 0.25) is 0 Å². The van der Waals surface area contributed by atoms with Crippen molar-refractivity contribution in [3.63, 3.8) is 0 Å². The van der Waals surface area contributed by atoms with Crippen LogP contribution in [0.2, 0.25) is 0 Å². The number of aryl methyl sites for hydroxylation is 2. The quantitative estimate of drug-likeness (QED) is 0.421. The minimum Gasteiger partial charge on any atom is -0.377 e. The highest BCUT2D eigenvalue weighted by atomic mass is 16.1. The summed E-state index contributed by atoms with van der Waals surface area (Å²) in [7, 11) is 0. The zero-order valence-electron chi connectivity index (χ0n) is 17.3. The summed E-state index contributed by atoms with van der Waals surface area (Å²) >= 11 is 0. The van der Waals surface area contributed by atoms with E-state index < -0.39 is 0 Å². The molecule has 5 nitrogen and oxygen atoms in total. The first-order chi connectivity index (χ1) is 14.5. The Morgan fingerprint density at radius 1 is 0.967 bits per heavy atom. The van der Waals surface area contributed by atoms with Crippen molar-refractivity contribution in [1.29, 1.82) is 0 Å². The number of anilines is 2. The number of nitrogens with zero attached hydrogens (tertiary/aromatic N) is 2. The predicted octanol–water partition coefficient (Wildman–Crippen LogP) is 6.16. The van der Waals surface area contributed by atoms with Crippen LogP contribution in [-0.4, -0.2) is 15.9 Å². The van der Waals surface area contributed by atoms with Gasteiger partial charge in [-0.15, -0.1) is 0 Å². The maximum atomic E-state index is 12.5. The van der Waals surface area contributed by atoms with Crippen molar-refractivity contribution >= 4 is 28.2 Å². The van der Waals surface area contributed by atoms with Crippen molar-refractivity contribution in [1.82, 2.24) is 9.97 Å². The summed E-state index contributed by atoms with van der Waals surface area (Å²) in [6.45, 7) is 6.10. The fourth-order valence-corrected chi connectivity index (χ4v) is 3.48. The van der Waals surface area contributed by atoms with Crippen LogP contribution >= 0.6 is 0 Å². The first-order valence-corrected chi connectivity index (χ1v) is 9.94. The SMILES string of the molecule is Cc1cncc(C(=O)Nc2cccc([C@H](C)Nc3cnc4cccc(C)c4c3)c2)c1.[HH].[HH]. The maximum absolute atomic E-state index is 12.5. The summed E-state index contributed by atoms with van der Waals surface area (Å²) < 4.78 is 0. The van der Waals surface area contributed by atoms with Crippen LogP contribution < -0.4 is 10.6 Å². The van der Waals surface area contributed by atoms with Gasteiger partial charge in [0, 0.05) is 32.4 Å². The van der Waals surface area contributed by atoms with Crippen LogP contribution in [0.3, 0.4) is 0 Å². The summed E-state index contributed by atoms with van der Waals surface area (Å²) in [4.78, 5) is 21.2. The lowest BCUT2D eigenvalue weighted by atomic mass is 10.1. The Morgan fingerprint density at radius 2 is 1.80 bits per heavy atom. The molecule has 0 radical (unpaired) electrons. The standard InChI is InChI=1S/C25H24N4O.2H2/c1-16-10-20(14-26-13-16)25(30)29-21-8-5-7-19(11-21)18(3)28-22-12-23-17(2)6-4-9-24(23)27-15-22;;/h4-15,18,28H,1-3H3,(H,29,30);2*1H/t18-;;/m0../s1.